The lowest BCUT2D eigenvalue weighted by atomic mass is 9.82. The Labute approximate surface area is 117 Å². The number of nitrogens with one attached hydrogen (secondary N) is 1. The average Bonchev–Trinajstić information content (AvgIpc) is 2.91. The molecule has 1 fully saturated rings. The number of hydrogen-bond donors (Lipinski definition) is 2. The first kappa shape index (κ1) is 14.4. The summed E-state index contributed by atoms with van der Waals surface area (Å²) in [5.74, 6) is -0.0232. The van der Waals surface area contributed by atoms with E-state index in [9.17, 15) is 14.7 Å². The molecule has 0 aromatic carbocycles. The smallest absolute Gasteiger partial charge is 0.317 e. The quantitative estimate of drug-likeness (QED) is 0.879. The van der Waals surface area contributed by atoms with Gasteiger partial charge >= 0.3 is 12.0 Å². The molecule has 0 bridgehead atoms. The van der Waals surface area contributed by atoms with Gasteiger partial charge < -0.3 is 19.7 Å². The third-order valence-corrected chi connectivity index (χ3v) is 3.73. The van der Waals surface area contributed by atoms with Crippen LogP contribution in [0.2, 0.25) is 0 Å². The second kappa shape index (κ2) is 5.98. The predicted molar refractivity (Wildman–Crippen MR) is 72.4 cm³/mol. The molecular weight excluding hydrogens is 260 g/mol. The monoisotopic (exact) mass is 280 g/mol. The summed E-state index contributed by atoms with van der Waals surface area (Å²) < 4.78 is 5.18. The molecule has 1 aromatic heterocycles. The van der Waals surface area contributed by atoms with Crippen LogP contribution in [0.4, 0.5) is 4.79 Å². The number of nitrogens with zero attached hydrogens (tertiary/aromatic N) is 1. The molecule has 1 atom stereocenters. The zero-order chi connectivity index (χ0) is 14.6. The standard InChI is InChI=1S/C14H20N2O4/c1-14(12(17)18)6-3-8-16(10-14)13(19)15-7-5-11-4-2-9-20-11/h2,4,9H,3,5-8,10H2,1H3,(H,15,19)(H,17,18). The molecule has 2 N–H and O–H groups in total. The first-order chi connectivity index (χ1) is 9.51. The molecular formula is C14H20N2O4. The van der Waals surface area contributed by atoms with E-state index in [1.807, 2.05) is 6.07 Å². The third kappa shape index (κ3) is 3.31. The summed E-state index contributed by atoms with van der Waals surface area (Å²) >= 11 is 0. The summed E-state index contributed by atoms with van der Waals surface area (Å²) in [4.78, 5) is 24.9. The van der Waals surface area contributed by atoms with Gasteiger partial charge in [-0.15, -0.1) is 0 Å². The van der Waals surface area contributed by atoms with Crippen molar-refractivity contribution in [2.75, 3.05) is 19.6 Å². The minimum absolute atomic E-state index is 0.205. The number of carboxylic acid groups (broad SMARTS) is 1. The molecule has 6 heteroatoms. The fourth-order valence-electron chi connectivity index (χ4n) is 2.45. The maximum Gasteiger partial charge on any atom is 0.317 e. The van der Waals surface area contributed by atoms with E-state index in [1.54, 1.807) is 24.2 Å². The number of rotatable bonds is 4. The summed E-state index contributed by atoms with van der Waals surface area (Å²) in [5.41, 5.74) is -0.837. The molecule has 2 heterocycles. The van der Waals surface area contributed by atoms with Gasteiger partial charge in [-0.3, -0.25) is 4.79 Å². The highest BCUT2D eigenvalue weighted by Gasteiger charge is 2.39. The SMILES string of the molecule is CC1(C(=O)O)CCCN(C(=O)NCCc2ccco2)C1. The highest BCUT2D eigenvalue weighted by Crippen LogP contribution is 2.29. The molecule has 6 nitrogen and oxygen atoms in total. The van der Waals surface area contributed by atoms with Gasteiger partial charge in [0.1, 0.15) is 5.76 Å². The van der Waals surface area contributed by atoms with Gasteiger partial charge in [0.05, 0.1) is 11.7 Å². The van der Waals surface area contributed by atoms with Crippen molar-refractivity contribution < 1.29 is 19.1 Å². The topological polar surface area (TPSA) is 82.8 Å². The van der Waals surface area contributed by atoms with Crippen LogP contribution in [0.3, 0.4) is 0 Å². The van der Waals surface area contributed by atoms with Crippen LogP contribution in [-0.4, -0.2) is 41.6 Å². The summed E-state index contributed by atoms with van der Waals surface area (Å²) in [6.45, 7) is 3.04. The van der Waals surface area contributed by atoms with Crippen molar-refractivity contribution in [2.45, 2.75) is 26.2 Å². The number of carboxylic acids is 1. The lowest BCUT2D eigenvalue weighted by Gasteiger charge is -2.37. The van der Waals surface area contributed by atoms with Crippen LogP contribution in [0.5, 0.6) is 0 Å². The average molecular weight is 280 g/mol. The van der Waals surface area contributed by atoms with E-state index in [4.69, 9.17) is 4.42 Å². The molecule has 2 rings (SSSR count). The number of amides is 2. The maximum absolute atomic E-state index is 12.0. The minimum Gasteiger partial charge on any atom is -0.481 e. The molecule has 1 aliphatic rings. The Kier molecular flexibility index (Phi) is 4.32. The molecule has 20 heavy (non-hydrogen) atoms. The molecule has 1 aromatic rings. The van der Waals surface area contributed by atoms with Crippen molar-refractivity contribution in [3.8, 4) is 0 Å². The number of carbonyl (C=O) groups excluding carboxylic acids is 1. The van der Waals surface area contributed by atoms with E-state index in [-0.39, 0.29) is 12.6 Å². The van der Waals surface area contributed by atoms with Crippen molar-refractivity contribution in [1.29, 1.82) is 0 Å². The van der Waals surface area contributed by atoms with Crippen molar-refractivity contribution in [2.24, 2.45) is 5.41 Å². The number of piperidine rings is 1. The van der Waals surface area contributed by atoms with Crippen molar-refractivity contribution >= 4 is 12.0 Å². The van der Waals surface area contributed by atoms with Crippen LogP contribution >= 0.6 is 0 Å². The van der Waals surface area contributed by atoms with E-state index in [2.05, 4.69) is 5.32 Å². The van der Waals surface area contributed by atoms with Gasteiger partial charge in [-0.05, 0) is 31.9 Å². The number of hydrogen-bond acceptors (Lipinski definition) is 3. The van der Waals surface area contributed by atoms with Gasteiger partial charge in [0, 0.05) is 26.1 Å². The largest absolute Gasteiger partial charge is 0.481 e. The molecule has 110 valence electrons. The normalized spacial score (nSPS) is 22.6. The Morgan fingerprint density at radius 3 is 3.00 bits per heavy atom. The highest BCUT2D eigenvalue weighted by molar-refractivity contribution is 5.78. The first-order valence-electron chi connectivity index (χ1n) is 6.80. The van der Waals surface area contributed by atoms with Crippen molar-refractivity contribution in [1.82, 2.24) is 10.2 Å². The van der Waals surface area contributed by atoms with E-state index in [0.717, 1.165) is 5.76 Å². The highest BCUT2D eigenvalue weighted by atomic mass is 16.4. The van der Waals surface area contributed by atoms with Crippen LogP contribution in [0.15, 0.2) is 22.8 Å². The van der Waals surface area contributed by atoms with Crippen molar-refractivity contribution in [3.05, 3.63) is 24.2 Å². The van der Waals surface area contributed by atoms with Gasteiger partial charge in [-0.2, -0.15) is 0 Å². The van der Waals surface area contributed by atoms with E-state index in [0.29, 0.717) is 32.4 Å². The Bertz CT molecular complexity index is 472. The van der Waals surface area contributed by atoms with Crippen LogP contribution < -0.4 is 5.32 Å². The van der Waals surface area contributed by atoms with Gasteiger partial charge in [0.2, 0.25) is 0 Å². The number of furan rings is 1. The second-order valence-corrected chi connectivity index (χ2v) is 5.45. The first-order valence-corrected chi connectivity index (χ1v) is 6.80. The second-order valence-electron chi connectivity index (χ2n) is 5.45. The number of urea groups is 1. The third-order valence-electron chi connectivity index (χ3n) is 3.73. The molecule has 1 aliphatic heterocycles. The summed E-state index contributed by atoms with van der Waals surface area (Å²) in [7, 11) is 0. The predicted octanol–water partition coefficient (Wildman–Crippen LogP) is 1.72. The fraction of sp³-hybridized carbons (Fsp3) is 0.571. The minimum atomic E-state index is -0.842. The van der Waals surface area contributed by atoms with E-state index < -0.39 is 11.4 Å². The molecule has 0 aliphatic carbocycles. The Balaban J connectivity index is 1.81. The summed E-state index contributed by atoms with van der Waals surface area (Å²) in [6.07, 6.45) is 3.55. The zero-order valence-corrected chi connectivity index (χ0v) is 11.6. The Hall–Kier alpha value is -1.98. The maximum atomic E-state index is 12.0. The van der Waals surface area contributed by atoms with Crippen LogP contribution in [0.1, 0.15) is 25.5 Å². The van der Waals surface area contributed by atoms with Crippen LogP contribution in [0.25, 0.3) is 0 Å². The van der Waals surface area contributed by atoms with Crippen molar-refractivity contribution in [3.63, 3.8) is 0 Å². The van der Waals surface area contributed by atoms with E-state index in [1.165, 1.54) is 0 Å². The molecule has 2 amide bonds. The molecule has 1 unspecified atom stereocenters. The van der Waals surface area contributed by atoms with Gasteiger partial charge in [-0.1, -0.05) is 0 Å². The number of aliphatic carboxylic acids is 1. The number of carbonyl (C=O) groups is 2. The Morgan fingerprint density at radius 1 is 1.55 bits per heavy atom. The zero-order valence-electron chi connectivity index (χ0n) is 11.6. The van der Waals surface area contributed by atoms with Gasteiger partial charge in [-0.25, -0.2) is 4.79 Å². The lowest BCUT2D eigenvalue weighted by Crippen LogP contribution is -2.51. The summed E-state index contributed by atoms with van der Waals surface area (Å²) in [6, 6.07) is 3.46. The Morgan fingerprint density at radius 2 is 2.35 bits per heavy atom. The molecule has 1 saturated heterocycles. The molecule has 0 radical (unpaired) electrons. The fourth-order valence-corrected chi connectivity index (χ4v) is 2.45. The van der Waals surface area contributed by atoms with E-state index >= 15 is 0 Å². The molecule has 0 spiro atoms. The molecule has 0 saturated carbocycles. The van der Waals surface area contributed by atoms with Gasteiger partial charge in [0.25, 0.3) is 0 Å². The van der Waals surface area contributed by atoms with Crippen LogP contribution in [-0.2, 0) is 11.2 Å². The van der Waals surface area contributed by atoms with Gasteiger partial charge in [0.15, 0.2) is 0 Å². The van der Waals surface area contributed by atoms with Crippen LogP contribution in [0, 0.1) is 5.41 Å². The summed E-state index contributed by atoms with van der Waals surface area (Å²) in [5, 5.41) is 12.0. The number of likely N-dealkylation sites (tertiary alicyclic amines) is 1. The lowest BCUT2D eigenvalue weighted by molar-refractivity contribution is -0.150.